The number of alkyl carbamates (subject to hydrolysis) is 1. The van der Waals surface area contributed by atoms with Gasteiger partial charge in [0.15, 0.2) is 13.2 Å². The van der Waals surface area contributed by atoms with E-state index in [1.807, 2.05) is 0 Å². The smallest absolute Gasteiger partial charge is 0.408 e. The molecule has 0 saturated carbocycles. The quantitative estimate of drug-likeness (QED) is 0.539. The largest absolute Gasteiger partial charge is 0.450 e. The Morgan fingerprint density at radius 3 is 2.28 bits per heavy atom. The fourth-order valence-corrected chi connectivity index (χ4v) is 1.64. The second kappa shape index (κ2) is 11.0. The predicted octanol–water partition coefficient (Wildman–Crippen LogP) is 0.805. The van der Waals surface area contributed by atoms with Gasteiger partial charge in [-0.25, -0.2) is 9.59 Å². The summed E-state index contributed by atoms with van der Waals surface area (Å²) in [6.45, 7) is -1.06. The van der Waals surface area contributed by atoms with Gasteiger partial charge >= 0.3 is 18.0 Å². The van der Waals surface area contributed by atoms with Crippen LogP contribution in [0.2, 0.25) is 0 Å². The Morgan fingerprint density at radius 1 is 1.00 bits per heavy atom. The molecule has 0 fully saturated rings. The maximum Gasteiger partial charge on any atom is 0.408 e. The minimum atomic E-state index is -1.40. The van der Waals surface area contributed by atoms with Crippen LogP contribution in [0, 0.1) is 22.7 Å². The summed E-state index contributed by atoms with van der Waals surface area (Å²) in [6.07, 6.45) is -1.51. The van der Waals surface area contributed by atoms with E-state index >= 15 is 0 Å². The Morgan fingerprint density at radius 2 is 1.64 bits per heavy atom. The minimum Gasteiger partial charge on any atom is -0.450 e. The van der Waals surface area contributed by atoms with Crippen LogP contribution in [0.15, 0.2) is 30.3 Å². The average Bonchev–Trinajstić information content (AvgIpc) is 2.63. The fourth-order valence-electron chi connectivity index (χ4n) is 1.64. The summed E-state index contributed by atoms with van der Waals surface area (Å²) in [7, 11) is 0. The van der Waals surface area contributed by atoms with E-state index in [2.05, 4.69) is 14.8 Å². The molecule has 1 amide bonds. The Bertz CT molecular complexity index is 677. The predicted molar refractivity (Wildman–Crippen MR) is 81.3 cm³/mol. The number of benzene rings is 1. The van der Waals surface area contributed by atoms with Crippen LogP contribution in [0.5, 0.6) is 0 Å². The van der Waals surface area contributed by atoms with Crippen LogP contribution in [0.3, 0.4) is 0 Å². The summed E-state index contributed by atoms with van der Waals surface area (Å²) in [6, 6.07) is 10.6. The zero-order valence-corrected chi connectivity index (χ0v) is 13.1. The molecule has 0 saturated heterocycles. The number of nitrogens with zero attached hydrogens (tertiary/aromatic N) is 2. The van der Waals surface area contributed by atoms with E-state index in [-0.39, 0.29) is 6.61 Å². The lowest BCUT2D eigenvalue weighted by molar-refractivity contribution is -0.151. The fraction of sp³-hybridized carbons (Fsp3) is 0.312. The van der Waals surface area contributed by atoms with Gasteiger partial charge in [0.2, 0.25) is 0 Å². The van der Waals surface area contributed by atoms with E-state index in [1.54, 1.807) is 42.5 Å². The first-order valence-corrected chi connectivity index (χ1v) is 7.10. The highest BCUT2D eigenvalue weighted by molar-refractivity contribution is 5.86. The average molecular weight is 345 g/mol. The first kappa shape index (κ1) is 19.5. The molecule has 130 valence electrons. The van der Waals surface area contributed by atoms with Crippen LogP contribution in [-0.4, -0.2) is 37.3 Å². The van der Waals surface area contributed by atoms with Crippen molar-refractivity contribution in [3.05, 3.63) is 35.9 Å². The minimum absolute atomic E-state index is 0.0362. The number of nitrogens with one attached hydrogen (secondary N) is 1. The lowest BCUT2D eigenvalue weighted by atomic mass is 10.2. The highest BCUT2D eigenvalue weighted by Gasteiger charge is 2.26. The van der Waals surface area contributed by atoms with Gasteiger partial charge in [-0.2, -0.15) is 10.5 Å². The third-order valence-corrected chi connectivity index (χ3v) is 2.74. The summed E-state index contributed by atoms with van der Waals surface area (Å²) < 4.78 is 14.1. The van der Waals surface area contributed by atoms with Gasteiger partial charge < -0.3 is 19.5 Å². The molecule has 0 aliphatic heterocycles. The van der Waals surface area contributed by atoms with Crippen molar-refractivity contribution in [1.29, 1.82) is 10.5 Å². The van der Waals surface area contributed by atoms with Gasteiger partial charge in [0.1, 0.15) is 24.8 Å². The molecule has 0 unspecified atom stereocenters. The van der Waals surface area contributed by atoms with Crippen molar-refractivity contribution in [1.82, 2.24) is 5.32 Å². The zero-order chi connectivity index (χ0) is 18.5. The number of esters is 2. The van der Waals surface area contributed by atoms with Crippen LogP contribution >= 0.6 is 0 Å². The molecule has 1 atom stereocenters. The molecule has 1 N–H and O–H groups in total. The Labute approximate surface area is 143 Å². The van der Waals surface area contributed by atoms with Crippen LogP contribution < -0.4 is 5.32 Å². The van der Waals surface area contributed by atoms with Crippen molar-refractivity contribution in [2.45, 2.75) is 19.1 Å². The lowest BCUT2D eigenvalue weighted by Crippen LogP contribution is -2.43. The molecule has 25 heavy (non-hydrogen) atoms. The van der Waals surface area contributed by atoms with E-state index in [0.717, 1.165) is 5.56 Å². The second-order valence-corrected chi connectivity index (χ2v) is 4.55. The Kier molecular flexibility index (Phi) is 8.58. The molecule has 1 rings (SSSR count). The van der Waals surface area contributed by atoms with Crippen LogP contribution in [0.1, 0.15) is 12.0 Å². The number of rotatable bonds is 8. The topological polar surface area (TPSA) is 139 Å². The zero-order valence-electron chi connectivity index (χ0n) is 13.1. The number of amides is 1. The van der Waals surface area contributed by atoms with Gasteiger partial charge in [-0.15, -0.1) is 0 Å². The SMILES string of the molecule is N#CCOC(=O)C[C@H](NC(=O)OCc1ccccc1)C(=O)OCC#N. The highest BCUT2D eigenvalue weighted by atomic mass is 16.6. The molecule has 0 heterocycles. The molecule has 0 aliphatic carbocycles. The number of hydrogen-bond acceptors (Lipinski definition) is 8. The monoisotopic (exact) mass is 345 g/mol. The van der Waals surface area contributed by atoms with Crippen molar-refractivity contribution in [3.8, 4) is 12.1 Å². The summed E-state index contributed by atoms with van der Waals surface area (Å²) in [5.41, 5.74) is 0.731. The summed E-state index contributed by atoms with van der Waals surface area (Å²) in [5.74, 6) is -1.88. The molecule has 0 aliphatic rings. The van der Waals surface area contributed by atoms with Crippen molar-refractivity contribution in [3.63, 3.8) is 0 Å². The molecule has 9 heteroatoms. The van der Waals surface area contributed by atoms with Gasteiger partial charge in [-0.1, -0.05) is 30.3 Å². The highest BCUT2D eigenvalue weighted by Crippen LogP contribution is 2.03. The lowest BCUT2D eigenvalue weighted by Gasteiger charge is -2.16. The van der Waals surface area contributed by atoms with Gasteiger partial charge in [0.05, 0.1) is 6.42 Å². The molecule has 0 bridgehead atoms. The van der Waals surface area contributed by atoms with E-state index in [0.29, 0.717) is 0 Å². The van der Waals surface area contributed by atoms with Gasteiger partial charge in [0, 0.05) is 0 Å². The summed E-state index contributed by atoms with van der Waals surface area (Å²) in [5, 5.41) is 18.9. The van der Waals surface area contributed by atoms with Gasteiger partial charge in [-0.3, -0.25) is 4.79 Å². The van der Waals surface area contributed by atoms with E-state index in [4.69, 9.17) is 15.3 Å². The normalized spacial score (nSPS) is 10.5. The molecule has 0 radical (unpaired) electrons. The molecule has 0 spiro atoms. The number of ether oxygens (including phenoxy) is 3. The maximum absolute atomic E-state index is 11.8. The van der Waals surface area contributed by atoms with Crippen LogP contribution in [-0.2, 0) is 30.4 Å². The van der Waals surface area contributed by atoms with E-state index < -0.39 is 43.7 Å². The standard InChI is InChI=1S/C16H15N3O6/c17-6-8-23-14(20)10-13(15(21)24-9-7-18)19-16(22)25-11-12-4-2-1-3-5-12/h1-5,13H,8-11H2,(H,19,22)/t13-/m0/s1. The van der Waals surface area contributed by atoms with E-state index in [9.17, 15) is 14.4 Å². The van der Waals surface area contributed by atoms with Crippen LogP contribution in [0.25, 0.3) is 0 Å². The Balaban J connectivity index is 2.59. The van der Waals surface area contributed by atoms with Crippen molar-refractivity contribution < 1.29 is 28.6 Å². The van der Waals surface area contributed by atoms with Crippen molar-refractivity contribution >= 4 is 18.0 Å². The molecular weight excluding hydrogens is 330 g/mol. The Hall–Kier alpha value is -3.59. The van der Waals surface area contributed by atoms with E-state index in [1.165, 1.54) is 0 Å². The van der Waals surface area contributed by atoms with Gasteiger partial charge in [0.25, 0.3) is 0 Å². The number of hydrogen-bond donors (Lipinski definition) is 1. The third-order valence-electron chi connectivity index (χ3n) is 2.74. The molecule has 1 aromatic rings. The van der Waals surface area contributed by atoms with Crippen molar-refractivity contribution in [2.75, 3.05) is 13.2 Å². The van der Waals surface area contributed by atoms with Crippen molar-refractivity contribution in [2.24, 2.45) is 0 Å². The number of carbonyl (C=O) groups is 3. The second-order valence-electron chi connectivity index (χ2n) is 4.55. The number of nitriles is 2. The molecular formula is C16H15N3O6. The number of carbonyl (C=O) groups excluding carboxylic acids is 3. The summed E-state index contributed by atoms with van der Waals surface area (Å²) in [4.78, 5) is 35.1. The third kappa shape index (κ3) is 8.00. The van der Waals surface area contributed by atoms with Crippen LogP contribution in [0.4, 0.5) is 4.79 Å². The molecule has 9 nitrogen and oxygen atoms in total. The van der Waals surface area contributed by atoms with Gasteiger partial charge in [-0.05, 0) is 5.56 Å². The first-order chi connectivity index (χ1) is 12.1. The molecule has 0 aromatic heterocycles. The first-order valence-electron chi connectivity index (χ1n) is 7.10. The summed E-state index contributed by atoms with van der Waals surface area (Å²) >= 11 is 0. The maximum atomic E-state index is 11.8. The molecule has 1 aromatic carbocycles.